The van der Waals surface area contributed by atoms with Gasteiger partial charge >= 0.3 is 0 Å². The van der Waals surface area contributed by atoms with Crippen molar-refractivity contribution < 1.29 is 9.47 Å². The molecule has 1 aliphatic heterocycles. The molecule has 0 saturated heterocycles. The number of ether oxygens (including phenoxy) is 2. The maximum absolute atomic E-state index is 6.55. The van der Waals surface area contributed by atoms with Crippen molar-refractivity contribution in [3.8, 4) is 67.5 Å². The van der Waals surface area contributed by atoms with Gasteiger partial charge in [-0.3, -0.25) is 0 Å². The Morgan fingerprint density at radius 2 is 0.923 bits per heavy atom. The Bertz CT molecular complexity index is 2940. The topological polar surface area (TPSA) is 18.5 Å². The van der Waals surface area contributed by atoms with Gasteiger partial charge in [-0.05, 0) is 109 Å². The van der Waals surface area contributed by atoms with E-state index >= 15 is 0 Å². The van der Waals surface area contributed by atoms with E-state index in [0.29, 0.717) is 0 Å². The predicted molar refractivity (Wildman–Crippen MR) is 213 cm³/mol. The minimum absolute atomic E-state index is 0.510. The molecule has 0 atom stereocenters. The van der Waals surface area contributed by atoms with Crippen LogP contribution in [-0.4, -0.2) is 0 Å². The molecule has 0 amide bonds. The van der Waals surface area contributed by atoms with Crippen molar-refractivity contribution >= 4 is 31.5 Å². The Balaban J connectivity index is 1.08. The van der Waals surface area contributed by atoms with Crippen LogP contribution in [0.25, 0.3) is 64.7 Å². The molecule has 242 valence electrons. The van der Waals surface area contributed by atoms with Crippen LogP contribution in [0.1, 0.15) is 22.3 Å². The van der Waals surface area contributed by atoms with Gasteiger partial charge in [0, 0.05) is 20.2 Å². The summed E-state index contributed by atoms with van der Waals surface area (Å²) in [4.78, 5) is 0. The van der Waals surface area contributed by atoms with Crippen LogP contribution in [0.2, 0.25) is 0 Å². The third-order valence-corrected chi connectivity index (χ3v) is 12.6. The largest absolute Gasteiger partial charge is 0.450 e. The van der Waals surface area contributed by atoms with Crippen LogP contribution in [0.15, 0.2) is 170 Å². The van der Waals surface area contributed by atoms with Crippen molar-refractivity contribution in [1.82, 2.24) is 0 Å². The van der Waals surface area contributed by atoms with Crippen LogP contribution in [0.3, 0.4) is 0 Å². The highest BCUT2D eigenvalue weighted by atomic mass is 32.1. The Morgan fingerprint density at radius 3 is 1.73 bits per heavy atom. The summed E-state index contributed by atoms with van der Waals surface area (Å²) < 4.78 is 15.7. The molecule has 0 radical (unpaired) electrons. The lowest BCUT2D eigenvalue weighted by molar-refractivity contribution is 0.359. The average molecular weight is 681 g/mol. The summed E-state index contributed by atoms with van der Waals surface area (Å²) in [5.74, 6) is 2.96. The summed E-state index contributed by atoms with van der Waals surface area (Å²) in [5.41, 5.74) is 14.5. The van der Waals surface area contributed by atoms with Crippen LogP contribution >= 0.6 is 11.3 Å². The van der Waals surface area contributed by atoms with Gasteiger partial charge in [0.2, 0.25) is 0 Å². The quantitative estimate of drug-likeness (QED) is 0.181. The zero-order chi connectivity index (χ0) is 34.0. The molecular weight excluding hydrogens is 653 g/mol. The van der Waals surface area contributed by atoms with Gasteiger partial charge in [-0.15, -0.1) is 11.3 Å². The molecule has 2 aliphatic carbocycles. The van der Waals surface area contributed by atoms with Gasteiger partial charge < -0.3 is 9.47 Å². The van der Waals surface area contributed by atoms with E-state index in [1.54, 1.807) is 0 Å². The zero-order valence-electron chi connectivity index (χ0n) is 27.9. The first kappa shape index (κ1) is 28.3. The van der Waals surface area contributed by atoms with Gasteiger partial charge in [-0.1, -0.05) is 127 Å². The third kappa shape index (κ3) is 3.68. The summed E-state index contributed by atoms with van der Waals surface area (Å²) >= 11 is 1.88. The lowest BCUT2D eigenvalue weighted by Crippen LogP contribution is -2.26. The van der Waals surface area contributed by atoms with E-state index in [9.17, 15) is 0 Å². The standard InChI is InChI=1S/C49H28O2S/c1-4-18-39-33(13-1)34-14-2-5-19-40(34)49(39)41-26-30(23-24-35(41)38-27-45-46(28-42(38)49)51-44-21-7-6-20-43(44)50-45)29-11-9-12-31(25-29)32-16-10-17-37-36-15-3-8-22-47(36)52-48(32)37/h1-28H. The summed E-state index contributed by atoms with van der Waals surface area (Å²) in [6.45, 7) is 0. The van der Waals surface area contributed by atoms with Crippen molar-refractivity contribution in [2.45, 2.75) is 5.41 Å². The Kier molecular flexibility index (Phi) is 5.62. The molecule has 3 aliphatic rings. The first-order valence-electron chi connectivity index (χ1n) is 17.7. The molecule has 0 fully saturated rings. The fourth-order valence-corrected chi connectivity index (χ4v) is 10.4. The molecule has 8 aromatic carbocycles. The zero-order valence-corrected chi connectivity index (χ0v) is 28.7. The molecule has 1 aromatic heterocycles. The van der Waals surface area contributed by atoms with Crippen LogP contribution in [-0.2, 0) is 5.41 Å². The maximum atomic E-state index is 6.55. The number of rotatable bonds is 2. The van der Waals surface area contributed by atoms with E-state index in [-0.39, 0.29) is 0 Å². The first-order chi connectivity index (χ1) is 25.8. The second kappa shape index (κ2) is 10.3. The number of thiophene rings is 1. The molecule has 2 heterocycles. The van der Waals surface area contributed by atoms with Gasteiger partial charge in [0.15, 0.2) is 23.0 Å². The van der Waals surface area contributed by atoms with Crippen molar-refractivity contribution in [2.75, 3.05) is 0 Å². The molecule has 0 unspecified atom stereocenters. The molecule has 0 N–H and O–H groups in total. The molecule has 2 nitrogen and oxygen atoms in total. The van der Waals surface area contributed by atoms with Gasteiger partial charge in [0.05, 0.1) is 5.41 Å². The van der Waals surface area contributed by atoms with Crippen LogP contribution in [0.4, 0.5) is 0 Å². The van der Waals surface area contributed by atoms with Crippen LogP contribution in [0.5, 0.6) is 23.0 Å². The van der Waals surface area contributed by atoms with Gasteiger partial charge in [0.1, 0.15) is 0 Å². The van der Waals surface area contributed by atoms with E-state index < -0.39 is 5.41 Å². The SMILES string of the molecule is c1cc(-c2ccc3c(c2)C2(c4ccccc4-c4ccccc42)c2cc4c(cc2-3)Oc2ccccc2O4)cc(-c2cccc3c2sc2ccccc23)c1. The van der Waals surface area contributed by atoms with E-state index in [1.807, 2.05) is 35.6 Å². The molecular formula is C49H28O2S. The predicted octanol–water partition coefficient (Wildman–Crippen LogP) is 13.6. The highest BCUT2D eigenvalue weighted by Crippen LogP contribution is 2.65. The second-order valence-electron chi connectivity index (χ2n) is 14.0. The lowest BCUT2D eigenvalue weighted by atomic mass is 9.70. The molecule has 52 heavy (non-hydrogen) atoms. The number of para-hydroxylation sites is 2. The van der Waals surface area contributed by atoms with E-state index in [1.165, 1.54) is 86.9 Å². The van der Waals surface area contributed by atoms with E-state index in [4.69, 9.17) is 9.47 Å². The van der Waals surface area contributed by atoms with Gasteiger partial charge in [-0.25, -0.2) is 0 Å². The third-order valence-electron chi connectivity index (χ3n) is 11.4. The molecule has 12 rings (SSSR count). The normalized spacial score (nSPS) is 13.8. The Morgan fingerprint density at radius 1 is 0.346 bits per heavy atom. The van der Waals surface area contributed by atoms with Crippen molar-refractivity contribution in [2.24, 2.45) is 0 Å². The van der Waals surface area contributed by atoms with Crippen molar-refractivity contribution in [3.63, 3.8) is 0 Å². The minimum Gasteiger partial charge on any atom is -0.450 e. The van der Waals surface area contributed by atoms with Crippen molar-refractivity contribution in [1.29, 1.82) is 0 Å². The van der Waals surface area contributed by atoms with Crippen molar-refractivity contribution in [3.05, 3.63) is 192 Å². The monoisotopic (exact) mass is 680 g/mol. The Hall–Kier alpha value is -6.42. The van der Waals surface area contributed by atoms with E-state index in [2.05, 4.69) is 146 Å². The van der Waals surface area contributed by atoms with Crippen LogP contribution < -0.4 is 9.47 Å². The highest BCUT2D eigenvalue weighted by molar-refractivity contribution is 7.26. The number of fused-ring (bicyclic) bond motifs is 15. The minimum atomic E-state index is -0.510. The molecule has 3 heteroatoms. The summed E-state index contributed by atoms with van der Waals surface area (Å²) in [6, 6.07) is 61.8. The smallest absolute Gasteiger partial charge is 0.170 e. The number of hydrogen-bond acceptors (Lipinski definition) is 3. The lowest BCUT2D eigenvalue weighted by Gasteiger charge is -2.31. The number of benzene rings is 8. The van der Waals surface area contributed by atoms with Gasteiger partial charge in [-0.2, -0.15) is 0 Å². The fourth-order valence-electron chi connectivity index (χ4n) is 9.18. The first-order valence-corrected chi connectivity index (χ1v) is 18.6. The summed E-state index contributed by atoms with van der Waals surface area (Å²) in [7, 11) is 0. The Labute approximate surface area is 304 Å². The van der Waals surface area contributed by atoms with Gasteiger partial charge in [0.25, 0.3) is 0 Å². The van der Waals surface area contributed by atoms with Crippen LogP contribution in [0, 0.1) is 0 Å². The average Bonchev–Trinajstić information content (AvgIpc) is 3.83. The van der Waals surface area contributed by atoms with E-state index in [0.717, 1.165) is 23.0 Å². The molecule has 1 spiro atoms. The maximum Gasteiger partial charge on any atom is 0.170 e. The second-order valence-corrected chi connectivity index (χ2v) is 15.0. The summed E-state index contributed by atoms with van der Waals surface area (Å²) in [5, 5.41) is 2.64. The highest BCUT2D eigenvalue weighted by Gasteiger charge is 2.52. The molecule has 9 aromatic rings. The summed E-state index contributed by atoms with van der Waals surface area (Å²) in [6.07, 6.45) is 0. The number of hydrogen-bond donors (Lipinski definition) is 0. The molecule has 0 saturated carbocycles. The fraction of sp³-hybridized carbons (Fsp3) is 0.0204. The molecule has 0 bridgehead atoms.